The van der Waals surface area contributed by atoms with Gasteiger partial charge in [0, 0.05) is 16.3 Å². The van der Waals surface area contributed by atoms with Crippen molar-refractivity contribution in [2.75, 3.05) is 17.6 Å². The van der Waals surface area contributed by atoms with Crippen molar-refractivity contribution in [3.05, 3.63) is 12.7 Å². The van der Waals surface area contributed by atoms with E-state index in [1.54, 1.807) is 0 Å². The maximum Gasteiger partial charge on any atom is 0.306 e. The van der Waals surface area contributed by atoms with E-state index in [1.165, 1.54) is 0 Å². The van der Waals surface area contributed by atoms with Gasteiger partial charge in [0.1, 0.15) is 5.60 Å². The molecule has 0 radical (unpaired) electrons. The molecule has 0 aromatic carbocycles. The summed E-state index contributed by atoms with van der Waals surface area (Å²) in [5.41, 5.74) is -0.288. The van der Waals surface area contributed by atoms with Crippen LogP contribution in [0.1, 0.15) is 12.8 Å². The lowest BCUT2D eigenvalue weighted by atomic mass is 9.76. The molecular formula is C11H15IO3. The number of alkyl halides is 1. The van der Waals surface area contributed by atoms with E-state index >= 15 is 0 Å². The van der Waals surface area contributed by atoms with Crippen LogP contribution in [-0.4, -0.2) is 29.2 Å². The predicted octanol–water partition coefficient (Wildman–Crippen LogP) is 1.95. The van der Waals surface area contributed by atoms with Gasteiger partial charge in [-0.25, -0.2) is 0 Å². The highest BCUT2D eigenvalue weighted by Gasteiger charge is 2.55. The predicted molar refractivity (Wildman–Crippen MR) is 64.9 cm³/mol. The number of rotatable bonds is 3. The first-order valence-electron chi connectivity index (χ1n) is 5.19. The molecule has 3 atom stereocenters. The molecule has 0 aliphatic carbocycles. The molecule has 2 rings (SSSR count). The first-order valence-corrected chi connectivity index (χ1v) is 6.72. The highest BCUT2D eigenvalue weighted by atomic mass is 127. The Balaban J connectivity index is 2.24. The molecule has 15 heavy (non-hydrogen) atoms. The normalized spacial score (nSPS) is 39.7. The van der Waals surface area contributed by atoms with Crippen molar-refractivity contribution in [3.8, 4) is 0 Å². The molecule has 2 heterocycles. The fraction of sp³-hybridized carbons (Fsp3) is 0.727. The topological polar surface area (TPSA) is 35.5 Å². The van der Waals surface area contributed by atoms with Crippen molar-refractivity contribution < 1.29 is 14.3 Å². The summed E-state index contributed by atoms with van der Waals surface area (Å²) in [5, 5.41) is 0. The van der Waals surface area contributed by atoms with E-state index < -0.39 is 0 Å². The average molecular weight is 322 g/mol. The van der Waals surface area contributed by atoms with Gasteiger partial charge in [0.15, 0.2) is 0 Å². The van der Waals surface area contributed by atoms with Crippen LogP contribution < -0.4 is 0 Å². The van der Waals surface area contributed by atoms with Crippen molar-refractivity contribution >= 4 is 28.6 Å². The van der Waals surface area contributed by atoms with Crippen LogP contribution in [0.5, 0.6) is 0 Å². The highest BCUT2D eigenvalue weighted by molar-refractivity contribution is 14.1. The minimum Gasteiger partial charge on any atom is -0.457 e. The minimum absolute atomic E-state index is 0.0729. The quantitative estimate of drug-likeness (QED) is 0.345. The van der Waals surface area contributed by atoms with Gasteiger partial charge in [-0.1, -0.05) is 28.7 Å². The molecule has 2 fully saturated rings. The number of carbonyl (C=O) groups is 1. The SMILES string of the molecule is C=CCC1COC[C@H]2CC(=O)O[C@@]12CI. The second-order valence-corrected chi connectivity index (χ2v) is 4.99. The largest absolute Gasteiger partial charge is 0.457 e. The van der Waals surface area contributed by atoms with E-state index in [-0.39, 0.29) is 23.4 Å². The Morgan fingerprint density at radius 1 is 1.60 bits per heavy atom. The van der Waals surface area contributed by atoms with Gasteiger partial charge in [0.2, 0.25) is 0 Å². The molecule has 84 valence electrons. The summed E-state index contributed by atoms with van der Waals surface area (Å²) >= 11 is 2.31. The van der Waals surface area contributed by atoms with Crippen molar-refractivity contribution in [3.63, 3.8) is 0 Å². The summed E-state index contributed by atoms with van der Waals surface area (Å²) in [7, 11) is 0. The number of fused-ring (bicyclic) bond motifs is 1. The number of hydrogen-bond acceptors (Lipinski definition) is 3. The smallest absolute Gasteiger partial charge is 0.306 e. The molecule has 0 bridgehead atoms. The lowest BCUT2D eigenvalue weighted by Gasteiger charge is -2.42. The van der Waals surface area contributed by atoms with Crippen LogP contribution in [0.2, 0.25) is 0 Å². The van der Waals surface area contributed by atoms with Crippen molar-refractivity contribution in [1.29, 1.82) is 0 Å². The van der Waals surface area contributed by atoms with Crippen LogP contribution in [0.25, 0.3) is 0 Å². The Morgan fingerprint density at radius 3 is 3.07 bits per heavy atom. The number of carbonyl (C=O) groups excluding carboxylic acids is 1. The van der Waals surface area contributed by atoms with Crippen LogP contribution in [0.4, 0.5) is 0 Å². The van der Waals surface area contributed by atoms with E-state index in [1.807, 2.05) is 6.08 Å². The van der Waals surface area contributed by atoms with Crippen LogP contribution >= 0.6 is 22.6 Å². The molecule has 2 aliphatic heterocycles. The molecule has 2 aliphatic rings. The summed E-state index contributed by atoms with van der Waals surface area (Å²) in [6.45, 7) is 5.09. The molecule has 2 saturated heterocycles. The molecule has 3 nitrogen and oxygen atoms in total. The van der Waals surface area contributed by atoms with E-state index in [0.717, 1.165) is 10.8 Å². The molecule has 0 N–H and O–H groups in total. The number of allylic oxidation sites excluding steroid dienone is 1. The standard InChI is InChI=1S/C11H15IO3/c1-2-3-8-5-14-6-9-4-10(13)15-11(8,9)7-12/h2,8-9H,1,3-7H2/t8?,9-,11+/m1/s1. The Kier molecular flexibility index (Phi) is 3.35. The number of hydrogen-bond donors (Lipinski definition) is 0. The fourth-order valence-corrected chi connectivity index (χ4v) is 3.94. The Labute approximate surface area is 103 Å². The first-order chi connectivity index (χ1) is 7.23. The summed E-state index contributed by atoms with van der Waals surface area (Å²) < 4.78 is 12.0. The molecular weight excluding hydrogens is 307 g/mol. The van der Waals surface area contributed by atoms with E-state index in [0.29, 0.717) is 19.6 Å². The van der Waals surface area contributed by atoms with Gasteiger partial charge in [0.05, 0.1) is 19.6 Å². The Hall–Kier alpha value is -0.100. The van der Waals surface area contributed by atoms with Crippen molar-refractivity contribution in [2.45, 2.75) is 18.4 Å². The van der Waals surface area contributed by atoms with Crippen LogP contribution in [-0.2, 0) is 14.3 Å². The summed E-state index contributed by atoms with van der Waals surface area (Å²) in [4.78, 5) is 11.4. The maximum absolute atomic E-state index is 11.4. The summed E-state index contributed by atoms with van der Waals surface area (Å²) in [6.07, 6.45) is 3.25. The third kappa shape index (κ3) is 1.82. The van der Waals surface area contributed by atoms with Crippen molar-refractivity contribution in [1.82, 2.24) is 0 Å². The summed E-state index contributed by atoms with van der Waals surface area (Å²) in [6, 6.07) is 0. The van der Waals surface area contributed by atoms with Gasteiger partial charge >= 0.3 is 5.97 Å². The van der Waals surface area contributed by atoms with E-state index in [9.17, 15) is 4.79 Å². The Morgan fingerprint density at radius 2 is 2.40 bits per heavy atom. The zero-order valence-electron chi connectivity index (χ0n) is 8.58. The third-order valence-electron chi connectivity index (χ3n) is 3.40. The number of esters is 1. The van der Waals surface area contributed by atoms with Gasteiger partial charge in [0.25, 0.3) is 0 Å². The third-order valence-corrected chi connectivity index (χ3v) is 4.59. The molecule has 0 aromatic heterocycles. The Bertz CT molecular complexity index is 279. The molecule has 1 unspecified atom stereocenters. The lowest BCUT2D eigenvalue weighted by molar-refractivity contribution is -0.162. The molecule has 0 spiro atoms. The van der Waals surface area contributed by atoms with Gasteiger partial charge in [-0.2, -0.15) is 0 Å². The van der Waals surface area contributed by atoms with Crippen LogP contribution in [0, 0.1) is 11.8 Å². The average Bonchev–Trinajstić information content (AvgIpc) is 2.56. The van der Waals surface area contributed by atoms with Crippen LogP contribution in [0.15, 0.2) is 12.7 Å². The maximum atomic E-state index is 11.4. The van der Waals surface area contributed by atoms with Gasteiger partial charge in [-0.3, -0.25) is 4.79 Å². The van der Waals surface area contributed by atoms with E-state index in [2.05, 4.69) is 29.2 Å². The second kappa shape index (κ2) is 4.41. The summed E-state index contributed by atoms with van der Waals surface area (Å²) in [5.74, 6) is 0.439. The van der Waals surface area contributed by atoms with Gasteiger partial charge in [-0.15, -0.1) is 6.58 Å². The fourth-order valence-electron chi connectivity index (χ4n) is 2.54. The molecule has 0 aromatic rings. The van der Waals surface area contributed by atoms with Crippen LogP contribution in [0.3, 0.4) is 0 Å². The van der Waals surface area contributed by atoms with Crippen molar-refractivity contribution in [2.24, 2.45) is 11.8 Å². The monoisotopic (exact) mass is 322 g/mol. The molecule has 0 saturated carbocycles. The lowest BCUT2D eigenvalue weighted by Crippen LogP contribution is -2.52. The number of ether oxygens (including phenoxy) is 2. The zero-order valence-corrected chi connectivity index (χ0v) is 10.7. The van der Waals surface area contributed by atoms with Gasteiger partial charge in [-0.05, 0) is 6.42 Å². The second-order valence-electron chi connectivity index (χ2n) is 4.22. The molecule has 0 amide bonds. The molecule has 4 heteroatoms. The highest BCUT2D eigenvalue weighted by Crippen LogP contribution is 2.45. The zero-order chi connectivity index (χ0) is 10.9. The first kappa shape index (κ1) is 11.4. The minimum atomic E-state index is -0.288. The number of halogens is 1. The van der Waals surface area contributed by atoms with E-state index in [4.69, 9.17) is 9.47 Å². The van der Waals surface area contributed by atoms with Gasteiger partial charge < -0.3 is 9.47 Å².